The fraction of sp³-hybridized carbons (Fsp3) is 0.263. The van der Waals surface area contributed by atoms with E-state index in [1.165, 1.54) is 0 Å². The standard InChI is InChI=1S/C19H20N6O/c1-2-7-15(19-23-22-17-10-5-6-11-24(17)19)21-18(26)13-25-16-9-4-3-8-14(16)12-20-25/h3-6,8-12,15H,2,7,13H2,1H3,(H,21,26)/t15-/m0/s1. The van der Waals surface area contributed by atoms with Gasteiger partial charge in [-0.05, 0) is 24.6 Å². The predicted octanol–water partition coefficient (Wildman–Crippen LogP) is 2.74. The molecule has 0 saturated heterocycles. The fourth-order valence-electron chi connectivity index (χ4n) is 3.18. The third-order valence-electron chi connectivity index (χ3n) is 4.41. The minimum Gasteiger partial charge on any atom is -0.344 e. The molecule has 1 aromatic carbocycles. The number of nitrogens with zero attached hydrogens (tertiary/aromatic N) is 5. The Morgan fingerprint density at radius 1 is 1.15 bits per heavy atom. The van der Waals surface area contributed by atoms with Crippen molar-refractivity contribution in [2.24, 2.45) is 0 Å². The molecule has 0 saturated carbocycles. The monoisotopic (exact) mass is 348 g/mol. The van der Waals surface area contributed by atoms with Crippen LogP contribution in [-0.2, 0) is 11.3 Å². The molecule has 1 atom stereocenters. The van der Waals surface area contributed by atoms with Crippen LogP contribution in [-0.4, -0.2) is 30.3 Å². The first kappa shape index (κ1) is 16.3. The van der Waals surface area contributed by atoms with Crippen LogP contribution in [0.25, 0.3) is 16.6 Å². The average molecular weight is 348 g/mol. The van der Waals surface area contributed by atoms with Crippen LogP contribution in [0.15, 0.2) is 54.9 Å². The third-order valence-corrected chi connectivity index (χ3v) is 4.41. The zero-order valence-electron chi connectivity index (χ0n) is 14.5. The van der Waals surface area contributed by atoms with E-state index in [1.54, 1.807) is 10.9 Å². The number of benzene rings is 1. The van der Waals surface area contributed by atoms with Crippen molar-refractivity contribution in [1.29, 1.82) is 0 Å². The van der Waals surface area contributed by atoms with E-state index in [0.29, 0.717) is 0 Å². The number of rotatable bonds is 6. The van der Waals surface area contributed by atoms with E-state index < -0.39 is 0 Å². The highest BCUT2D eigenvalue weighted by Crippen LogP contribution is 2.18. The lowest BCUT2D eigenvalue weighted by Crippen LogP contribution is -2.32. The molecule has 0 fully saturated rings. The maximum absolute atomic E-state index is 12.6. The van der Waals surface area contributed by atoms with E-state index in [-0.39, 0.29) is 18.5 Å². The Bertz CT molecular complexity index is 1050. The molecule has 0 radical (unpaired) electrons. The highest BCUT2D eigenvalue weighted by atomic mass is 16.2. The summed E-state index contributed by atoms with van der Waals surface area (Å²) in [6.45, 7) is 2.26. The molecule has 0 aliphatic rings. The minimum atomic E-state index is -0.188. The minimum absolute atomic E-state index is 0.0926. The highest BCUT2D eigenvalue weighted by Gasteiger charge is 2.20. The zero-order valence-corrected chi connectivity index (χ0v) is 14.5. The molecule has 0 unspecified atom stereocenters. The van der Waals surface area contributed by atoms with E-state index in [2.05, 4.69) is 27.5 Å². The number of para-hydroxylation sites is 1. The average Bonchev–Trinajstić information content (AvgIpc) is 3.26. The van der Waals surface area contributed by atoms with Crippen LogP contribution in [0.5, 0.6) is 0 Å². The number of hydrogen-bond acceptors (Lipinski definition) is 4. The van der Waals surface area contributed by atoms with Crippen LogP contribution in [0, 0.1) is 0 Å². The van der Waals surface area contributed by atoms with Crippen molar-refractivity contribution in [3.8, 4) is 0 Å². The van der Waals surface area contributed by atoms with E-state index in [1.807, 2.05) is 53.1 Å². The number of fused-ring (bicyclic) bond motifs is 2. The summed E-state index contributed by atoms with van der Waals surface area (Å²) >= 11 is 0. The van der Waals surface area contributed by atoms with Crippen LogP contribution in [0.4, 0.5) is 0 Å². The molecule has 7 nitrogen and oxygen atoms in total. The SMILES string of the molecule is CCC[C@H](NC(=O)Cn1ncc2ccccc21)c1nnc2ccccn12. The molecule has 0 aliphatic heterocycles. The van der Waals surface area contributed by atoms with E-state index in [0.717, 1.165) is 35.2 Å². The Hall–Kier alpha value is -3.22. The van der Waals surface area contributed by atoms with Gasteiger partial charge in [-0.3, -0.25) is 13.9 Å². The van der Waals surface area contributed by atoms with Crippen molar-refractivity contribution in [2.45, 2.75) is 32.4 Å². The smallest absolute Gasteiger partial charge is 0.242 e. The molecule has 7 heteroatoms. The molecule has 4 aromatic rings. The van der Waals surface area contributed by atoms with Gasteiger partial charge in [0.05, 0.1) is 17.8 Å². The second kappa shape index (κ2) is 6.95. The van der Waals surface area contributed by atoms with Gasteiger partial charge in [-0.15, -0.1) is 10.2 Å². The van der Waals surface area contributed by atoms with Gasteiger partial charge in [0.2, 0.25) is 5.91 Å². The third kappa shape index (κ3) is 3.03. The largest absolute Gasteiger partial charge is 0.344 e. The molecule has 3 heterocycles. The lowest BCUT2D eigenvalue weighted by Gasteiger charge is -2.17. The van der Waals surface area contributed by atoms with Gasteiger partial charge in [-0.2, -0.15) is 5.10 Å². The van der Waals surface area contributed by atoms with Crippen LogP contribution >= 0.6 is 0 Å². The number of carbonyl (C=O) groups is 1. The molecule has 1 N–H and O–H groups in total. The second-order valence-corrected chi connectivity index (χ2v) is 6.26. The number of hydrogen-bond donors (Lipinski definition) is 1. The van der Waals surface area contributed by atoms with Crippen LogP contribution < -0.4 is 5.32 Å². The van der Waals surface area contributed by atoms with E-state index >= 15 is 0 Å². The van der Waals surface area contributed by atoms with Crippen molar-refractivity contribution in [2.75, 3.05) is 0 Å². The van der Waals surface area contributed by atoms with Gasteiger partial charge in [0.15, 0.2) is 11.5 Å². The summed E-state index contributed by atoms with van der Waals surface area (Å²) in [6, 6.07) is 13.4. The first-order valence-electron chi connectivity index (χ1n) is 8.76. The maximum Gasteiger partial charge on any atom is 0.242 e. The molecule has 0 bridgehead atoms. The Morgan fingerprint density at radius 3 is 2.88 bits per heavy atom. The fourth-order valence-corrected chi connectivity index (χ4v) is 3.18. The van der Waals surface area contributed by atoms with Gasteiger partial charge in [0, 0.05) is 11.6 Å². The Morgan fingerprint density at radius 2 is 2.00 bits per heavy atom. The molecule has 0 aliphatic carbocycles. The van der Waals surface area contributed by atoms with Crippen LogP contribution in [0.3, 0.4) is 0 Å². The van der Waals surface area contributed by atoms with Crippen molar-refractivity contribution in [3.05, 3.63) is 60.7 Å². The molecule has 1 amide bonds. The molecule has 3 aromatic heterocycles. The van der Waals surface area contributed by atoms with Crippen molar-refractivity contribution in [3.63, 3.8) is 0 Å². The molecule has 26 heavy (non-hydrogen) atoms. The topological polar surface area (TPSA) is 77.1 Å². The van der Waals surface area contributed by atoms with Gasteiger partial charge in [-0.25, -0.2) is 0 Å². The van der Waals surface area contributed by atoms with Gasteiger partial charge in [0.25, 0.3) is 0 Å². The summed E-state index contributed by atoms with van der Waals surface area (Å²) in [4.78, 5) is 12.6. The molecule has 0 spiro atoms. The lowest BCUT2D eigenvalue weighted by molar-refractivity contribution is -0.122. The summed E-state index contributed by atoms with van der Waals surface area (Å²) in [7, 11) is 0. The summed E-state index contributed by atoms with van der Waals surface area (Å²) in [5.74, 6) is 0.658. The van der Waals surface area contributed by atoms with Crippen molar-refractivity contribution >= 4 is 22.5 Å². The van der Waals surface area contributed by atoms with Crippen molar-refractivity contribution < 1.29 is 4.79 Å². The quantitative estimate of drug-likeness (QED) is 0.581. The predicted molar refractivity (Wildman–Crippen MR) is 98.5 cm³/mol. The summed E-state index contributed by atoms with van der Waals surface area (Å²) in [5, 5.41) is 16.9. The first-order chi connectivity index (χ1) is 12.8. The molecular formula is C19H20N6O. The van der Waals surface area contributed by atoms with Gasteiger partial charge >= 0.3 is 0 Å². The Labute approximate surface area is 150 Å². The number of pyridine rings is 1. The lowest BCUT2D eigenvalue weighted by atomic mass is 10.1. The van der Waals surface area contributed by atoms with Gasteiger partial charge in [-0.1, -0.05) is 37.6 Å². The van der Waals surface area contributed by atoms with Crippen LogP contribution in [0.2, 0.25) is 0 Å². The number of aromatic nitrogens is 5. The van der Waals surface area contributed by atoms with E-state index in [9.17, 15) is 4.79 Å². The summed E-state index contributed by atoms with van der Waals surface area (Å²) < 4.78 is 3.64. The van der Waals surface area contributed by atoms with Gasteiger partial charge in [0.1, 0.15) is 6.54 Å². The van der Waals surface area contributed by atoms with Gasteiger partial charge < -0.3 is 5.32 Å². The Balaban J connectivity index is 1.55. The normalized spacial score (nSPS) is 12.5. The second-order valence-electron chi connectivity index (χ2n) is 6.26. The first-order valence-corrected chi connectivity index (χ1v) is 8.76. The summed E-state index contributed by atoms with van der Waals surface area (Å²) in [5.41, 5.74) is 1.72. The number of carbonyl (C=O) groups excluding carboxylic acids is 1. The zero-order chi connectivity index (χ0) is 17.9. The van der Waals surface area contributed by atoms with E-state index in [4.69, 9.17) is 0 Å². The highest BCUT2D eigenvalue weighted by molar-refractivity contribution is 5.82. The molecule has 132 valence electrons. The van der Waals surface area contributed by atoms with Crippen LogP contribution in [0.1, 0.15) is 31.6 Å². The molecule has 4 rings (SSSR count). The summed E-state index contributed by atoms with van der Waals surface area (Å²) in [6.07, 6.45) is 5.41. The Kier molecular flexibility index (Phi) is 4.35. The van der Waals surface area contributed by atoms with Crippen molar-refractivity contribution in [1.82, 2.24) is 29.7 Å². The maximum atomic E-state index is 12.6. The molecular weight excluding hydrogens is 328 g/mol. The number of amides is 1. The number of nitrogens with one attached hydrogen (secondary N) is 1.